The summed E-state index contributed by atoms with van der Waals surface area (Å²) in [6.45, 7) is 0.181. The molecular formula is C17H11NO5. The molecule has 0 aliphatic carbocycles. The zero-order chi connectivity index (χ0) is 16.0. The molecule has 0 atom stereocenters. The number of carboxylic acids is 1. The van der Waals surface area contributed by atoms with Crippen molar-refractivity contribution in [3.63, 3.8) is 0 Å². The maximum atomic E-state index is 12.2. The van der Waals surface area contributed by atoms with E-state index in [1.807, 2.05) is 6.07 Å². The van der Waals surface area contributed by atoms with Crippen LogP contribution in [0, 0.1) is 0 Å². The molecule has 1 amide bonds. The van der Waals surface area contributed by atoms with Crippen molar-refractivity contribution in [3.05, 3.63) is 53.1 Å². The van der Waals surface area contributed by atoms with E-state index in [4.69, 9.17) is 14.6 Å². The van der Waals surface area contributed by atoms with Crippen molar-refractivity contribution >= 4 is 29.2 Å². The maximum Gasteiger partial charge on any atom is 0.335 e. The fraction of sp³-hybridized carbons (Fsp3) is 0.0588. The van der Waals surface area contributed by atoms with Gasteiger partial charge in [0.1, 0.15) is 0 Å². The summed E-state index contributed by atoms with van der Waals surface area (Å²) in [4.78, 5) is 23.3. The number of aromatic carboxylic acids is 1. The van der Waals surface area contributed by atoms with Gasteiger partial charge in [0.15, 0.2) is 11.5 Å². The monoisotopic (exact) mass is 309 g/mol. The summed E-state index contributed by atoms with van der Waals surface area (Å²) in [6.07, 6.45) is 1.70. The van der Waals surface area contributed by atoms with Crippen molar-refractivity contribution in [2.75, 3.05) is 12.1 Å². The number of rotatable bonds is 2. The molecule has 114 valence electrons. The molecule has 6 nitrogen and oxygen atoms in total. The number of anilines is 1. The number of benzene rings is 2. The molecule has 2 aliphatic heterocycles. The van der Waals surface area contributed by atoms with Crippen molar-refractivity contribution in [1.29, 1.82) is 0 Å². The Kier molecular flexibility index (Phi) is 2.84. The van der Waals surface area contributed by atoms with E-state index in [0.29, 0.717) is 28.3 Å². The van der Waals surface area contributed by atoms with Crippen LogP contribution in [0.4, 0.5) is 5.69 Å². The van der Waals surface area contributed by atoms with Crippen LogP contribution in [0.25, 0.3) is 11.6 Å². The molecule has 0 fully saturated rings. The Bertz CT molecular complexity index is 885. The van der Waals surface area contributed by atoms with Crippen LogP contribution in [0.1, 0.15) is 21.5 Å². The number of carbonyl (C=O) groups excluding carboxylic acids is 1. The third-order valence-electron chi connectivity index (χ3n) is 3.76. The minimum Gasteiger partial charge on any atom is -0.478 e. The van der Waals surface area contributed by atoms with E-state index >= 15 is 0 Å². The Morgan fingerprint density at radius 2 is 1.96 bits per heavy atom. The molecule has 0 saturated heterocycles. The molecule has 0 saturated carbocycles. The van der Waals surface area contributed by atoms with E-state index in [-0.39, 0.29) is 18.3 Å². The average molecular weight is 309 g/mol. The number of nitrogens with one attached hydrogen (secondary N) is 1. The highest BCUT2D eigenvalue weighted by atomic mass is 16.7. The minimum atomic E-state index is -1.03. The van der Waals surface area contributed by atoms with Gasteiger partial charge < -0.3 is 19.9 Å². The van der Waals surface area contributed by atoms with Crippen LogP contribution in [0.3, 0.4) is 0 Å². The summed E-state index contributed by atoms with van der Waals surface area (Å²) in [5.74, 6) is -0.0105. The van der Waals surface area contributed by atoms with E-state index in [0.717, 1.165) is 5.56 Å². The summed E-state index contributed by atoms with van der Waals surface area (Å²) >= 11 is 0. The largest absolute Gasteiger partial charge is 0.478 e. The molecular weight excluding hydrogens is 298 g/mol. The van der Waals surface area contributed by atoms with E-state index in [2.05, 4.69) is 5.32 Å². The zero-order valence-electron chi connectivity index (χ0n) is 11.8. The van der Waals surface area contributed by atoms with Crippen molar-refractivity contribution in [2.24, 2.45) is 0 Å². The normalized spacial score (nSPS) is 16.3. The van der Waals surface area contributed by atoms with Gasteiger partial charge in [0.25, 0.3) is 5.91 Å². The fourth-order valence-electron chi connectivity index (χ4n) is 2.63. The van der Waals surface area contributed by atoms with Gasteiger partial charge in [-0.2, -0.15) is 0 Å². The topological polar surface area (TPSA) is 84.9 Å². The van der Waals surface area contributed by atoms with Gasteiger partial charge in [-0.3, -0.25) is 4.79 Å². The lowest BCUT2D eigenvalue weighted by atomic mass is 10.0. The fourth-order valence-corrected chi connectivity index (χ4v) is 2.63. The SMILES string of the molecule is O=C1Nc2ccc(C(=O)O)cc2/C1=C\c1ccc2c(c1)OCO2. The van der Waals surface area contributed by atoms with Gasteiger partial charge in [-0.05, 0) is 42.0 Å². The van der Waals surface area contributed by atoms with E-state index in [9.17, 15) is 9.59 Å². The highest BCUT2D eigenvalue weighted by Gasteiger charge is 2.25. The Hall–Kier alpha value is -3.28. The van der Waals surface area contributed by atoms with Crippen LogP contribution in [0.15, 0.2) is 36.4 Å². The molecule has 2 aromatic rings. The number of carboxylic acid groups (broad SMARTS) is 1. The average Bonchev–Trinajstić information content (AvgIpc) is 3.11. The van der Waals surface area contributed by atoms with Crippen LogP contribution in [0.5, 0.6) is 11.5 Å². The first kappa shape index (κ1) is 13.4. The molecule has 6 heteroatoms. The first-order valence-electron chi connectivity index (χ1n) is 6.92. The van der Waals surface area contributed by atoms with Crippen LogP contribution in [-0.2, 0) is 4.79 Å². The third kappa shape index (κ3) is 2.20. The number of hydrogen-bond acceptors (Lipinski definition) is 4. The van der Waals surface area contributed by atoms with E-state index < -0.39 is 5.97 Å². The highest BCUT2D eigenvalue weighted by Crippen LogP contribution is 2.36. The Labute approximate surface area is 131 Å². The summed E-state index contributed by atoms with van der Waals surface area (Å²) in [5, 5.41) is 11.8. The highest BCUT2D eigenvalue weighted by molar-refractivity contribution is 6.35. The number of fused-ring (bicyclic) bond motifs is 2. The van der Waals surface area contributed by atoms with Crippen LogP contribution in [-0.4, -0.2) is 23.8 Å². The van der Waals surface area contributed by atoms with Gasteiger partial charge in [0.05, 0.1) is 5.56 Å². The number of amides is 1. The number of hydrogen-bond donors (Lipinski definition) is 2. The summed E-state index contributed by atoms with van der Waals surface area (Å²) in [6, 6.07) is 9.92. The standard InChI is InChI=1S/C17H11NO5/c19-16-12(5-9-1-4-14-15(6-9)23-8-22-14)11-7-10(17(20)21)2-3-13(11)18-16/h1-7H,8H2,(H,18,19)(H,20,21)/b12-5+. The zero-order valence-corrected chi connectivity index (χ0v) is 11.8. The maximum absolute atomic E-state index is 12.2. The molecule has 0 spiro atoms. The quantitative estimate of drug-likeness (QED) is 0.833. The van der Waals surface area contributed by atoms with Gasteiger partial charge in [-0.25, -0.2) is 4.79 Å². The number of ether oxygens (including phenoxy) is 2. The summed E-state index contributed by atoms with van der Waals surface area (Å²) < 4.78 is 10.6. The lowest BCUT2D eigenvalue weighted by Crippen LogP contribution is -2.03. The third-order valence-corrected chi connectivity index (χ3v) is 3.76. The first-order chi connectivity index (χ1) is 11.1. The predicted octanol–water partition coefficient (Wildman–Crippen LogP) is 2.61. The second-order valence-corrected chi connectivity index (χ2v) is 5.19. The molecule has 2 aromatic carbocycles. The molecule has 23 heavy (non-hydrogen) atoms. The lowest BCUT2D eigenvalue weighted by molar-refractivity contribution is -0.110. The Balaban J connectivity index is 1.79. The minimum absolute atomic E-state index is 0.136. The predicted molar refractivity (Wildman–Crippen MR) is 82.5 cm³/mol. The van der Waals surface area contributed by atoms with E-state index in [1.165, 1.54) is 12.1 Å². The lowest BCUT2D eigenvalue weighted by Gasteiger charge is -2.02. The van der Waals surface area contributed by atoms with Crippen molar-refractivity contribution in [1.82, 2.24) is 0 Å². The van der Waals surface area contributed by atoms with Crippen LogP contribution < -0.4 is 14.8 Å². The second-order valence-electron chi connectivity index (χ2n) is 5.19. The second kappa shape index (κ2) is 4.88. The first-order valence-corrected chi connectivity index (χ1v) is 6.92. The van der Waals surface area contributed by atoms with Crippen LogP contribution >= 0.6 is 0 Å². The summed E-state index contributed by atoms with van der Waals surface area (Å²) in [5.41, 5.74) is 2.51. The molecule has 2 aliphatic rings. The van der Waals surface area contributed by atoms with Gasteiger partial charge >= 0.3 is 5.97 Å². The van der Waals surface area contributed by atoms with Gasteiger partial charge in [0.2, 0.25) is 6.79 Å². The molecule has 0 bridgehead atoms. The molecule has 2 N–H and O–H groups in total. The van der Waals surface area contributed by atoms with Crippen molar-refractivity contribution < 1.29 is 24.2 Å². The summed E-state index contributed by atoms with van der Waals surface area (Å²) in [7, 11) is 0. The number of carbonyl (C=O) groups is 2. The molecule has 0 aromatic heterocycles. The molecule has 0 radical (unpaired) electrons. The molecule has 4 rings (SSSR count). The van der Waals surface area contributed by atoms with E-state index in [1.54, 1.807) is 24.3 Å². The van der Waals surface area contributed by atoms with Gasteiger partial charge in [-0.1, -0.05) is 6.07 Å². The van der Waals surface area contributed by atoms with Gasteiger partial charge in [-0.15, -0.1) is 0 Å². The Morgan fingerprint density at radius 1 is 1.13 bits per heavy atom. The van der Waals surface area contributed by atoms with Crippen LogP contribution in [0.2, 0.25) is 0 Å². The smallest absolute Gasteiger partial charge is 0.335 e. The van der Waals surface area contributed by atoms with Gasteiger partial charge in [0, 0.05) is 16.8 Å². The molecule has 2 heterocycles. The Morgan fingerprint density at radius 3 is 2.78 bits per heavy atom. The van der Waals surface area contributed by atoms with Crippen molar-refractivity contribution in [3.8, 4) is 11.5 Å². The molecule has 0 unspecified atom stereocenters. The van der Waals surface area contributed by atoms with Crippen molar-refractivity contribution in [2.45, 2.75) is 0 Å².